The first kappa shape index (κ1) is 14.5. The summed E-state index contributed by atoms with van der Waals surface area (Å²) in [4.78, 5) is 11.0. The van der Waals surface area contributed by atoms with Gasteiger partial charge in [0.1, 0.15) is 6.61 Å². The van der Waals surface area contributed by atoms with E-state index < -0.39 is 4.87 Å². The van der Waals surface area contributed by atoms with Crippen molar-refractivity contribution in [1.29, 1.82) is 0 Å². The maximum Gasteiger partial charge on any atom is 0.316 e. The van der Waals surface area contributed by atoms with E-state index in [1.54, 1.807) is 0 Å². The van der Waals surface area contributed by atoms with E-state index in [1.807, 2.05) is 30.9 Å². The molecule has 0 bridgehead atoms. The molecule has 0 saturated carbocycles. The highest BCUT2D eigenvalue weighted by Crippen LogP contribution is 2.20. The van der Waals surface area contributed by atoms with Gasteiger partial charge in [0.2, 0.25) is 24.4 Å². The van der Waals surface area contributed by atoms with Crippen LogP contribution in [0.5, 0.6) is 0 Å². The van der Waals surface area contributed by atoms with E-state index in [2.05, 4.69) is 4.72 Å². The van der Waals surface area contributed by atoms with Gasteiger partial charge in [0, 0.05) is 6.92 Å². The number of nitrogens with one attached hydrogen (secondary N) is 1. The van der Waals surface area contributed by atoms with Crippen molar-refractivity contribution in [3.8, 4) is 0 Å². The van der Waals surface area contributed by atoms with Crippen LogP contribution in [-0.2, 0) is 9.53 Å². The van der Waals surface area contributed by atoms with E-state index in [1.165, 1.54) is 18.9 Å². The molecular weight excluding hydrogens is 260 g/mol. The predicted octanol–water partition coefficient (Wildman–Crippen LogP) is 1.74. The summed E-state index contributed by atoms with van der Waals surface area (Å²) < 4.78 is 10.5. The Morgan fingerprint density at radius 3 is 2.76 bits per heavy atom. The van der Waals surface area contributed by atoms with E-state index >= 15 is 0 Å². The molecule has 96 valence electrons. The van der Waals surface area contributed by atoms with Gasteiger partial charge in [0.05, 0.1) is 4.87 Å². The number of rotatable bonds is 7. The van der Waals surface area contributed by atoms with Gasteiger partial charge in [-0.15, -0.1) is 11.6 Å². The van der Waals surface area contributed by atoms with E-state index in [0.29, 0.717) is 19.0 Å². The number of allylic oxidation sites excluding steroid dienone is 2. The zero-order valence-electron chi connectivity index (χ0n) is 10.5. The number of halogens is 1. The van der Waals surface area contributed by atoms with Crippen molar-refractivity contribution >= 4 is 35.5 Å². The summed E-state index contributed by atoms with van der Waals surface area (Å²) in [6.07, 6.45) is 3.83. The highest BCUT2D eigenvalue weighted by molar-refractivity contribution is 7.96. The van der Waals surface area contributed by atoms with Crippen molar-refractivity contribution < 1.29 is 14.1 Å². The molecule has 4 nitrogen and oxygen atoms in total. The summed E-state index contributed by atoms with van der Waals surface area (Å²) in [7, 11) is 0. The van der Waals surface area contributed by atoms with Crippen LogP contribution in [0, 0.1) is 0 Å². The lowest BCUT2D eigenvalue weighted by Crippen LogP contribution is -2.21. The summed E-state index contributed by atoms with van der Waals surface area (Å²) in [5, 5.41) is 0. The molecule has 0 spiro atoms. The number of carbonyl (C=O) groups is 1. The molecule has 17 heavy (non-hydrogen) atoms. The molecule has 1 aliphatic rings. The molecule has 0 aromatic carbocycles. The molecular formula is C11H18ClN2O2S+. The van der Waals surface area contributed by atoms with Gasteiger partial charge in [-0.05, 0) is 20.1 Å². The van der Waals surface area contributed by atoms with Crippen molar-refractivity contribution in [1.82, 2.24) is 4.72 Å². The fraction of sp³-hybridized carbons (Fsp3) is 0.636. The van der Waals surface area contributed by atoms with Crippen LogP contribution >= 0.6 is 23.5 Å². The maximum absolute atomic E-state index is 11.5. The average molecular weight is 278 g/mol. The molecule has 0 aromatic heterocycles. The standard InChI is InChI=1S/C11H18ClN2O2S/c1-8(15)10(16-6-11(2,3)12)9-5-14(9)7-13-17-4/h5,13H,6-7H2,1-4H3/q+1/b10-9-. The Balaban J connectivity index is 2.58. The highest BCUT2D eigenvalue weighted by Gasteiger charge is 2.36. The summed E-state index contributed by atoms with van der Waals surface area (Å²) in [5.41, 5.74) is 0.833. The average Bonchev–Trinajstić information content (AvgIpc) is 2.92. The van der Waals surface area contributed by atoms with Crippen molar-refractivity contribution in [2.24, 2.45) is 0 Å². The fourth-order valence-electron chi connectivity index (χ4n) is 1.17. The minimum Gasteiger partial charge on any atom is -0.482 e. The Kier molecular flexibility index (Phi) is 5.04. The highest BCUT2D eigenvalue weighted by atomic mass is 35.5. The van der Waals surface area contributed by atoms with Gasteiger partial charge in [0.25, 0.3) is 0 Å². The van der Waals surface area contributed by atoms with Gasteiger partial charge < -0.3 is 4.74 Å². The largest absolute Gasteiger partial charge is 0.482 e. The first-order valence-corrected chi connectivity index (χ1v) is 6.89. The molecule has 1 aliphatic heterocycles. The van der Waals surface area contributed by atoms with E-state index in [0.717, 1.165) is 5.70 Å². The van der Waals surface area contributed by atoms with Crippen LogP contribution in [0.25, 0.3) is 0 Å². The molecule has 1 heterocycles. The third-order valence-electron chi connectivity index (χ3n) is 2.01. The molecule has 0 aliphatic carbocycles. The Hall–Kier alpha value is -0.520. The normalized spacial score (nSPS) is 17.6. The molecule has 0 unspecified atom stereocenters. The number of carbonyl (C=O) groups excluding carboxylic acids is 1. The number of hydrogen-bond acceptors (Lipinski definition) is 4. The van der Waals surface area contributed by atoms with E-state index in [9.17, 15) is 4.79 Å². The third-order valence-corrected chi connectivity index (χ3v) is 2.54. The minimum absolute atomic E-state index is 0.0798. The quantitative estimate of drug-likeness (QED) is 0.253. The van der Waals surface area contributed by atoms with Crippen molar-refractivity contribution in [3.63, 3.8) is 0 Å². The fourth-order valence-corrected chi connectivity index (χ4v) is 1.50. The van der Waals surface area contributed by atoms with E-state index in [4.69, 9.17) is 16.3 Å². The number of Topliss-reactive ketones (excluding diaryl/α,β-unsaturated/α-hetero) is 1. The Bertz CT molecular complexity index is 372. The van der Waals surface area contributed by atoms with Gasteiger partial charge in [-0.1, -0.05) is 11.9 Å². The number of ketones is 1. The summed E-state index contributed by atoms with van der Waals surface area (Å²) in [5.74, 6) is 0.311. The number of ether oxygens (including phenoxy) is 1. The smallest absolute Gasteiger partial charge is 0.316 e. The van der Waals surface area contributed by atoms with Gasteiger partial charge in [0.15, 0.2) is 0 Å². The summed E-state index contributed by atoms with van der Waals surface area (Å²) in [6.45, 7) is 6.17. The number of nitrogens with zero attached hydrogens (tertiary/aromatic N) is 1. The number of hydrogen-bond donors (Lipinski definition) is 1. The van der Waals surface area contributed by atoms with Crippen LogP contribution < -0.4 is 4.72 Å². The molecule has 0 atom stereocenters. The van der Waals surface area contributed by atoms with E-state index in [-0.39, 0.29) is 5.78 Å². The molecule has 1 rings (SSSR count). The second kappa shape index (κ2) is 5.89. The SMILES string of the molecule is CSNC[N+]1=CC/1=C(/OCC(C)(C)Cl)C(C)=O. The lowest BCUT2D eigenvalue weighted by Gasteiger charge is -2.16. The first-order chi connectivity index (χ1) is 7.85. The van der Waals surface area contributed by atoms with Crippen LogP contribution in [0.2, 0.25) is 0 Å². The second-order valence-electron chi connectivity index (χ2n) is 4.38. The summed E-state index contributed by atoms with van der Waals surface area (Å²) in [6, 6.07) is 0. The summed E-state index contributed by atoms with van der Waals surface area (Å²) >= 11 is 7.56. The Morgan fingerprint density at radius 2 is 2.29 bits per heavy atom. The van der Waals surface area contributed by atoms with Crippen molar-refractivity contribution in [2.45, 2.75) is 25.6 Å². The zero-order chi connectivity index (χ0) is 13.1. The number of alkyl halides is 1. The minimum atomic E-state index is -0.474. The van der Waals surface area contributed by atoms with Crippen molar-refractivity contribution in [3.05, 3.63) is 11.5 Å². The van der Waals surface area contributed by atoms with Crippen molar-refractivity contribution in [2.75, 3.05) is 19.5 Å². The molecule has 1 N–H and O–H groups in total. The van der Waals surface area contributed by atoms with Crippen LogP contribution in [0.1, 0.15) is 20.8 Å². The second-order valence-corrected chi connectivity index (χ2v) is 6.10. The van der Waals surface area contributed by atoms with Crippen LogP contribution in [0.4, 0.5) is 0 Å². The Morgan fingerprint density at radius 1 is 1.65 bits per heavy atom. The third kappa shape index (κ3) is 5.10. The molecule has 0 saturated heterocycles. The van der Waals surface area contributed by atoms with Gasteiger partial charge in [-0.3, -0.25) is 4.79 Å². The lowest BCUT2D eigenvalue weighted by atomic mass is 10.2. The van der Waals surface area contributed by atoms with Gasteiger partial charge in [-0.25, -0.2) is 4.72 Å². The predicted molar refractivity (Wildman–Crippen MR) is 71.4 cm³/mol. The topological polar surface area (TPSA) is 41.3 Å². The zero-order valence-corrected chi connectivity index (χ0v) is 12.1. The monoisotopic (exact) mass is 277 g/mol. The lowest BCUT2D eigenvalue weighted by molar-refractivity contribution is -0.407. The van der Waals surface area contributed by atoms with Crippen LogP contribution in [0.3, 0.4) is 0 Å². The van der Waals surface area contributed by atoms with Crippen LogP contribution in [0.15, 0.2) is 11.5 Å². The van der Waals surface area contributed by atoms with Crippen LogP contribution in [-0.4, -0.2) is 41.0 Å². The van der Waals surface area contributed by atoms with Gasteiger partial charge >= 0.3 is 5.70 Å². The maximum atomic E-state index is 11.5. The Labute approximate surface area is 111 Å². The van der Waals surface area contributed by atoms with Gasteiger partial charge in [-0.2, -0.15) is 4.58 Å². The first-order valence-electron chi connectivity index (χ1n) is 5.29. The molecule has 0 aromatic rings. The molecule has 0 fully saturated rings. The molecule has 0 amide bonds. The molecule has 0 radical (unpaired) electrons. The molecule has 6 heteroatoms.